The van der Waals surface area contributed by atoms with Gasteiger partial charge in [-0.05, 0) is 25.1 Å². The van der Waals surface area contributed by atoms with E-state index in [2.05, 4.69) is 29.3 Å². The molecule has 3 heterocycles. The van der Waals surface area contributed by atoms with Gasteiger partial charge in [0.1, 0.15) is 5.69 Å². The van der Waals surface area contributed by atoms with Gasteiger partial charge in [0.05, 0.1) is 23.2 Å². The lowest BCUT2D eigenvalue weighted by Gasteiger charge is -2.42. The lowest BCUT2D eigenvalue weighted by atomic mass is 10.0. The Labute approximate surface area is 159 Å². The minimum absolute atomic E-state index is 0.0349. The van der Waals surface area contributed by atoms with Crippen molar-refractivity contribution in [1.82, 2.24) is 20.0 Å². The molecule has 144 valence electrons. The maximum Gasteiger partial charge on any atom is 0.272 e. The largest absolute Gasteiger partial charge is 0.330 e. The molecule has 1 N–H and O–H groups in total. The summed E-state index contributed by atoms with van der Waals surface area (Å²) in [5.74, 6) is -0.0254. The number of hydrogen-bond donors (Lipinski definition) is 1. The fourth-order valence-corrected chi connectivity index (χ4v) is 6.08. The quantitative estimate of drug-likeness (QED) is 0.854. The number of aryl methyl sites for hydroxylation is 1. The minimum atomic E-state index is -3.12. The van der Waals surface area contributed by atoms with Crippen LogP contribution in [0.3, 0.4) is 0 Å². The van der Waals surface area contributed by atoms with Crippen LogP contribution >= 0.6 is 0 Å². The molecule has 2 aliphatic rings. The molecule has 2 aromatic rings. The molecule has 2 aliphatic heterocycles. The average molecular weight is 388 g/mol. The van der Waals surface area contributed by atoms with Crippen molar-refractivity contribution in [2.24, 2.45) is 0 Å². The molecule has 0 unspecified atom stereocenters. The van der Waals surface area contributed by atoms with Gasteiger partial charge in [0.25, 0.3) is 5.91 Å². The number of sulfone groups is 1. The van der Waals surface area contributed by atoms with Crippen molar-refractivity contribution in [3.05, 3.63) is 41.6 Å². The fourth-order valence-electron chi connectivity index (χ4n) is 4.02. The van der Waals surface area contributed by atoms with Gasteiger partial charge >= 0.3 is 0 Å². The number of likely N-dealkylation sites (N-methyl/N-ethyl adjacent to an activating group) is 1. The molecule has 1 amide bonds. The molecule has 0 aliphatic carbocycles. The molecule has 2 fully saturated rings. The molecule has 4 rings (SSSR count). The highest BCUT2D eigenvalue weighted by Gasteiger charge is 2.47. The Morgan fingerprint density at radius 1 is 1.19 bits per heavy atom. The van der Waals surface area contributed by atoms with Gasteiger partial charge in [0.2, 0.25) is 0 Å². The van der Waals surface area contributed by atoms with Crippen LogP contribution in [-0.4, -0.2) is 78.0 Å². The van der Waals surface area contributed by atoms with Crippen molar-refractivity contribution in [2.75, 3.05) is 31.6 Å². The van der Waals surface area contributed by atoms with E-state index in [9.17, 15) is 13.2 Å². The second-order valence-electron chi connectivity index (χ2n) is 7.41. The highest BCUT2D eigenvalue weighted by molar-refractivity contribution is 7.91. The van der Waals surface area contributed by atoms with Crippen LogP contribution in [0.1, 0.15) is 23.0 Å². The Morgan fingerprint density at radius 2 is 1.89 bits per heavy atom. The topological polar surface area (TPSA) is 86.4 Å². The normalized spacial score (nSPS) is 24.7. The maximum absolute atomic E-state index is 13.0. The number of H-pyrrole nitrogens is 1. The third kappa shape index (κ3) is 3.39. The van der Waals surface area contributed by atoms with E-state index < -0.39 is 9.84 Å². The number of carbonyl (C=O) groups excluding carboxylic acids is 1. The number of aromatic amines is 1. The number of hydrogen-bond acceptors (Lipinski definition) is 5. The molecule has 1 aromatic carbocycles. The van der Waals surface area contributed by atoms with Crippen molar-refractivity contribution in [1.29, 1.82) is 0 Å². The van der Waals surface area contributed by atoms with E-state index >= 15 is 0 Å². The van der Waals surface area contributed by atoms with E-state index in [0.29, 0.717) is 24.5 Å². The predicted molar refractivity (Wildman–Crippen MR) is 103 cm³/mol. The number of carbonyl (C=O) groups is 1. The second kappa shape index (κ2) is 6.76. The molecule has 0 spiro atoms. The van der Waals surface area contributed by atoms with Crippen LogP contribution in [0.25, 0.3) is 11.3 Å². The zero-order chi connectivity index (χ0) is 19.2. The van der Waals surface area contributed by atoms with Gasteiger partial charge in [-0.2, -0.15) is 5.10 Å². The highest BCUT2D eigenvalue weighted by atomic mass is 32.2. The first kappa shape index (κ1) is 18.2. The smallest absolute Gasteiger partial charge is 0.272 e. The molecule has 7 nitrogen and oxygen atoms in total. The Morgan fingerprint density at radius 3 is 2.59 bits per heavy atom. The summed E-state index contributed by atoms with van der Waals surface area (Å²) < 4.78 is 24.2. The van der Waals surface area contributed by atoms with E-state index in [0.717, 1.165) is 12.0 Å². The molecule has 0 saturated carbocycles. The van der Waals surface area contributed by atoms with E-state index in [4.69, 9.17) is 0 Å². The standard InChI is InChI=1S/C19H24N4O3S/c1-3-13-4-6-14(7-5-13)15-10-16(21-20-15)19(24)23-9-8-22(2)17-11-27(25,26)12-18(17)23/h4-7,10,17-18H,3,8-9,11-12H2,1-2H3,(H,20,21)/t17-,18+/m1/s1. The molecule has 1 aromatic heterocycles. The number of piperazine rings is 1. The van der Waals surface area contributed by atoms with Crippen LogP contribution in [0.5, 0.6) is 0 Å². The first-order chi connectivity index (χ1) is 12.9. The Kier molecular flexibility index (Phi) is 4.55. The van der Waals surface area contributed by atoms with Gasteiger partial charge in [-0.25, -0.2) is 8.42 Å². The molecular weight excluding hydrogens is 364 g/mol. The van der Waals surface area contributed by atoms with Crippen LogP contribution in [0, 0.1) is 0 Å². The van der Waals surface area contributed by atoms with Crippen LogP contribution in [-0.2, 0) is 16.3 Å². The van der Waals surface area contributed by atoms with Gasteiger partial charge in [0, 0.05) is 24.7 Å². The summed E-state index contributed by atoms with van der Waals surface area (Å²) in [6.45, 7) is 3.29. The number of nitrogens with zero attached hydrogens (tertiary/aromatic N) is 3. The summed E-state index contributed by atoms with van der Waals surface area (Å²) in [6, 6.07) is 9.44. The zero-order valence-corrected chi connectivity index (χ0v) is 16.4. The molecule has 0 radical (unpaired) electrons. The molecule has 0 bridgehead atoms. The summed E-state index contributed by atoms with van der Waals surface area (Å²) in [7, 11) is -1.19. The van der Waals surface area contributed by atoms with Crippen LogP contribution in [0.4, 0.5) is 0 Å². The van der Waals surface area contributed by atoms with E-state index in [1.807, 2.05) is 24.1 Å². The molecule has 2 atom stereocenters. The van der Waals surface area contributed by atoms with Crippen molar-refractivity contribution in [3.8, 4) is 11.3 Å². The fraction of sp³-hybridized carbons (Fsp3) is 0.474. The Bertz CT molecular complexity index is 952. The second-order valence-corrected chi connectivity index (χ2v) is 9.56. The summed E-state index contributed by atoms with van der Waals surface area (Å²) in [4.78, 5) is 16.8. The average Bonchev–Trinajstić information content (AvgIpc) is 3.26. The van der Waals surface area contributed by atoms with Gasteiger partial charge < -0.3 is 4.90 Å². The number of nitrogens with one attached hydrogen (secondary N) is 1. The number of benzene rings is 1. The zero-order valence-electron chi connectivity index (χ0n) is 15.6. The van der Waals surface area contributed by atoms with Crippen molar-refractivity contribution >= 4 is 15.7 Å². The third-order valence-corrected chi connectivity index (χ3v) is 7.38. The summed E-state index contributed by atoms with van der Waals surface area (Å²) in [6.07, 6.45) is 0.972. The van der Waals surface area contributed by atoms with Gasteiger partial charge in [-0.1, -0.05) is 31.2 Å². The van der Waals surface area contributed by atoms with E-state index in [1.54, 1.807) is 11.0 Å². The van der Waals surface area contributed by atoms with Crippen molar-refractivity contribution in [3.63, 3.8) is 0 Å². The first-order valence-corrected chi connectivity index (χ1v) is 11.1. The van der Waals surface area contributed by atoms with Crippen LogP contribution < -0.4 is 0 Å². The molecule has 2 saturated heterocycles. The third-order valence-electron chi connectivity index (χ3n) is 5.68. The van der Waals surface area contributed by atoms with E-state index in [1.165, 1.54) is 5.56 Å². The lowest BCUT2D eigenvalue weighted by molar-refractivity contribution is 0.0404. The minimum Gasteiger partial charge on any atom is -0.330 e. The van der Waals surface area contributed by atoms with Crippen molar-refractivity contribution < 1.29 is 13.2 Å². The molecular formula is C19H24N4O3S. The molecule has 8 heteroatoms. The predicted octanol–water partition coefficient (Wildman–Crippen LogP) is 1.19. The SMILES string of the molecule is CCc1ccc(-c2cc(C(=O)N3CCN(C)[C@@H]4CS(=O)(=O)C[C@@H]43)[nH]n2)cc1. The van der Waals surface area contributed by atoms with Crippen molar-refractivity contribution in [2.45, 2.75) is 25.4 Å². The summed E-state index contributed by atoms with van der Waals surface area (Å²) in [5, 5.41) is 7.12. The number of amides is 1. The summed E-state index contributed by atoms with van der Waals surface area (Å²) in [5.41, 5.74) is 3.31. The number of aromatic nitrogens is 2. The van der Waals surface area contributed by atoms with Gasteiger partial charge in [0.15, 0.2) is 9.84 Å². The van der Waals surface area contributed by atoms with E-state index in [-0.39, 0.29) is 29.5 Å². The molecule has 27 heavy (non-hydrogen) atoms. The maximum atomic E-state index is 13.0. The number of fused-ring (bicyclic) bond motifs is 1. The van der Waals surface area contributed by atoms with Crippen LogP contribution in [0.2, 0.25) is 0 Å². The highest BCUT2D eigenvalue weighted by Crippen LogP contribution is 2.27. The summed E-state index contributed by atoms with van der Waals surface area (Å²) >= 11 is 0. The van der Waals surface area contributed by atoms with Crippen LogP contribution in [0.15, 0.2) is 30.3 Å². The Balaban J connectivity index is 1.57. The Hall–Kier alpha value is -2.19. The van der Waals surface area contributed by atoms with Gasteiger partial charge in [-0.3, -0.25) is 14.8 Å². The lowest BCUT2D eigenvalue weighted by Crippen LogP contribution is -2.59. The van der Waals surface area contributed by atoms with Gasteiger partial charge in [-0.15, -0.1) is 0 Å². The monoisotopic (exact) mass is 388 g/mol. The first-order valence-electron chi connectivity index (χ1n) is 9.24. The number of rotatable bonds is 3.